The first-order valence-corrected chi connectivity index (χ1v) is 6.10. The van der Waals surface area contributed by atoms with Crippen molar-refractivity contribution in [2.75, 3.05) is 26.7 Å². The molecule has 0 amide bonds. The van der Waals surface area contributed by atoms with Crippen LogP contribution in [-0.2, 0) is 0 Å². The number of piperidine rings is 1. The van der Waals surface area contributed by atoms with E-state index in [4.69, 9.17) is 5.26 Å². The Balaban J connectivity index is 2.26. The summed E-state index contributed by atoms with van der Waals surface area (Å²) in [6.07, 6.45) is 4.77. The zero-order chi connectivity index (χ0) is 11.1. The minimum atomic E-state index is 0.148. The molecule has 1 aliphatic rings. The molecule has 1 N–H and O–H groups in total. The largest absolute Gasteiger partial charge is 0.320 e. The molecular weight excluding hydrogens is 186 g/mol. The van der Waals surface area contributed by atoms with Gasteiger partial charge in [0.05, 0.1) is 12.1 Å². The molecule has 1 heterocycles. The number of nitrogens with zero attached hydrogens (tertiary/aromatic N) is 2. The van der Waals surface area contributed by atoms with Crippen LogP contribution in [-0.4, -0.2) is 37.6 Å². The van der Waals surface area contributed by atoms with Gasteiger partial charge in [-0.15, -0.1) is 0 Å². The predicted octanol–water partition coefficient (Wildman–Crippen LogP) is 1.61. The van der Waals surface area contributed by atoms with Gasteiger partial charge in [0, 0.05) is 0 Å². The Morgan fingerprint density at radius 3 is 2.60 bits per heavy atom. The van der Waals surface area contributed by atoms with Crippen LogP contribution in [0.4, 0.5) is 0 Å². The van der Waals surface area contributed by atoms with Crippen molar-refractivity contribution in [2.24, 2.45) is 5.92 Å². The molecule has 1 fully saturated rings. The molecule has 1 rings (SSSR count). The molecule has 3 nitrogen and oxygen atoms in total. The normalized spacial score (nSPS) is 21.1. The maximum atomic E-state index is 8.98. The third kappa shape index (κ3) is 3.81. The van der Waals surface area contributed by atoms with Gasteiger partial charge in [0.15, 0.2) is 0 Å². The van der Waals surface area contributed by atoms with Crippen molar-refractivity contribution in [3.63, 3.8) is 0 Å². The van der Waals surface area contributed by atoms with Crippen molar-refractivity contribution in [3.8, 4) is 6.07 Å². The summed E-state index contributed by atoms with van der Waals surface area (Å²) in [5.74, 6) is 0.866. The first kappa shape index (κ1) is 12.5. The van der Waals surface area contributed by atoms with Crippen LogP contribution in [0.15, 0.2) is 0 Å². The second kappa shape index (κ2) is 6.81. The van der Waals surface area contributed by atoms with Gasteiger partial charge in [-0.2, -0.15) is 5.26 Å². The summed E-state index contributed by atoms with van der Waals surface area (Å²) in [5, 5.41) is 12.2. The molecular formula is C12H23N3. The summed E-state index contributed by atoms with van der Waals surface area (Å²) in [4.78, 5) is 2.34. The second-order valence-corrected chi connectivity index (χ2v) is 4.42. The maximum Gasteiger partial charge on any atom is 0.0975 e. The second-order valence-electron chi connectivity index (χ2n) is 4.42. The highest BCUT2D eigenvalue weighted by atomic mass is 15.2. The van der Waals surface area contributed by atoms with Crippen molar-refractivity contribution in [2.45, 2.75) is 38.6 Å². The number of hydrogen-bond acceptors (Lipinski definition) is 3. The van der Waals surface area contributed by atoms with Gasteiger partial charge < -0.3 is 5.32 Å². The molecule has 0 aromatic rings. The fraction of sp³-hybridized carbons (Fsp3) is 0.917. The van der Waals surface area contributed by atoms with E-state index in [9.17, 15) is 0 Å². The fourth-order valence-electron chi connectivity index (χ4n) is 2.33. The first-order valence-electron chi connectivity index (χ1n) is 6.10. The van der Waals surface area contributed by atoms with E-state index in [-0.39, 0.29) is 6.04 Å². The molecule has 0 saturated carbocycles. The molecule has 1 unspecified atom stereocenters. The summed E-state index contributed by atoms with van der Waals surface area (Å²) in [6.45, 7) is 5.45. The van der Waals surface area contributed by atoms with Crippen LogP contribution in [0.5, 0.6) is 0 Å². The molecule has 15 heavy (non-hydrogen) atoms. The fourth-order valence-corrected chi connectivity index (χ4v) is 2.33. The Morgan fingerprint density at radius 2 is 2.13 bits per heavy atom. The first-order chi connectivity index (χ1) is 7.31. The zero-order valence-electron chi connectivity index (χ0n) is 10.00. The van der Waals surface area contributed by atoms with Crippen molar-refractivity contribution >= 4 is 0 Å². The quantitative estimate of drug-likeness (QED) is 0.747. The van der Waals surface area contributed by atoms with E-state index < -0.39 is 0 Å². The maximum absolute atomic E-state index is 8.98. The number of hydrogen-bond donors (Lipinski definition) is 1. The van der Waals surface area contributed by atoms with Gasteiger partial charge in [0.2, 0.25) is 0 Å². The van der Waals surface area contributed by atoms with E-state index >= 15 is 0 Å². The molecule has 86 valence electrons. The Kier molecular flexibility index (Phi) is 5.67. The highest BCUT2D eigenvalue weighted by Gasteiger charge is 2.23. The van der Waals surface area contributed by atoms with Crippen LogP contribution in [0.2, 0.25) is 0 Å². The molecule has 1 atom stereocenters. The van der Waals surface area contributed by atoms with E-state index in [2.05, 4.69) is 23.2 Å². The number of nitrogens with one attached hydrogen (secondary N) is 1. The topological polar surface area (TPSA) is 39.1 Å². The molecule has 0 aromatic carbocycles. The number of nitriles is 1. The molecule has 0 spiro atoms. The van der Waals surface area contributed by atoms with Crippen LogP contribution in [0.25, 0.3) is 0 Å². The van der Waals surface area contributed by atoms with E-state index in [1.165, 1.54) is 19.3 Å². The molecule has 0 aliphatic carbocycles. The van der Waals surface area contributed by atoms with Crippen molar-refractivity contribution < 1.29 is 0 Å². The Hall–Kier alpha value is -0.590. The lowest BCUT2D eigenvalue weighted by atomic mass is 9.92. The highest BCUT2D eigenvalue weighted by molar-refractivity contribution is 4.92. The smallest absolute Gasteiger partial charge is 0.0975 e. The lowest BCUT2D eigenvalue weighted by Crippen LogP contribution is -2.40. The lowest BCUT2D eigenvalue weighted by Gasteiger charge is -2.34. The molecule has 1 saturated heterocycles. The summed E-state index contributed by atoms with van der Waals surface area (Å²) in [6, 6.07) is 2.54. The molecule has 3 heteroatoms. The summed E-state index contributed by atoms with van der Waals surface area (Å²) >= 11 is 0. The van der Waals surface area contributed by atoms with Gasteiger partial charge in [-0.25, -0.2) is 0 Å². The standard InChI is InChI=1S/C12H23N3/c1-3-12(10-13)15-8-5-11(6-9-15)4-7-14-2/h11-12,14H,3-9H2,1-2H3. The van der Waals surface area contributed by atoms with Gasteiger partial charge in [-0.05, 0) is 58.3 Å². The van der Waals surface area contributed by atoms with E-state index in [1.54, 1.807) is 0 Å². The third-order valence-corrected chi connectivity index (χ3v) is 3.43. The van der Waals surface area contributed by atoms with Crippen LogP contribution >= 0.6 is 0 Å². The van der Waals surface area contributed by atoms with E-state index in [0.29, 0.717) is 0 Å². The van der Waals surface area contributed by atoms with Crippen LogP contribution < -0.4 is 5.32 Å². The van der Waals surface area contributed by atoms with Crippen molar-refractivity contribution in [1.82, 2.24) is 10.2 Å². The predicted molar refractivity (Wildman–Crippen MR) is 62.5 cm³/mol. The number of likely N-dealkylation sites (tertiary alicyclic amines) is 1. The van der Waals surface area contributed by atoms with Gasteiger partial charge >= 0.3 is 0 Å². The SMILES string of the molecule is CCC(C#N)N1CCC(CCNC)CC1. The lowest BCUT2D eigenvalue weighted by molar-refractivity contribution is 0.151. The molecule has 1 aliphatic heterocycles. The van der Waals surface area contributed by atoms with Crippen molar-refractivity contribution in [1.29, 1.82) is 5.26 Å². The van der Waals surface area contributed by atoms with Crippen LogP contribution in [0.1, 0.15) is 32.6 Å². The van der Waals surface area contributed by atoms with Gasteiger partial charge in [0.25, 0.3) is 0 Å². The minimum absolute atomic E-state index is 0.148. The molecule has 0 bridgehead atoms. The Morgan fingerprint density at radius 1 is 1.47 bits per heavy atom. The summed E-state index contributed by atoms with van der Waals surface area (Å²) in [7, 11) is 2.01. The summed E-state index contributed by atoms with van der Waals surface area (Å²) < 4.78 is 0. The Bertz CT molecular complexity index is 201. The minimum Gasteiger partial charge on any atom is -0.320 e. The Labute approximate surface area is 93.5 Å². The van der Waals surface area contributed by atoms with E-state index in [0.717, 1.165) is 32.0 Å². The molecule has 0 aromatic heterocycles. The average Bonchev–Trinajstić information content (AvgIpc) is 2.29. The zero-order valence-corrected chi connectivity index (χ0v) is 10.00. The van der Waals surface area contributed by atoms with Gasteiger partial charge in [-0.1, -0.05) is 6.92 Å². The van der Waals surface area contributed by atoms with Crippen molar-refractivity contribution in [3.05, 3.63) is 0 Å². The highest BCUT2D eigenvalue weighted by Crippen LogP contribution is 2.21. The van der Waals surface area contributed by atoms with E-state index in [1.807, 2.05) is 7.05 Å². The molecule has 0 radical (unpaired) electrons. The van der Waals surface area contributed by atoms with Crippen LogP contribution in [0.3, 0.4) is 0 Å². The third-order valence-electron chi connectivity index (χ3n) is 3.43. The average molecular weight is 209 g/mol. The monoisotopic (exact) mass is 209 g/mol. The van der Waals surface area contributed by atoms with Gasteiger partial charge in [0.1, 0.15) is 0 Å². The van der Waals surface area contributed by atoms with Crippen LogP contribution in [0, 0.1) is 17.2 Å². The summed E-state index contributed by atoms with van der Waals surface area (Å²) in [5.41, 5.74) is 0. The number of rotatable bonds is 5. The van der Waals surface area contributed by atoms with Gasteiger partial charge in [-0.3, -0.25) is 4.90 Å².